The number of nitrogens with one attached hydrogen (secondary N) is 5. The third kappa shape index (κ3) is 32.4. The second kappa shape index (κ2) is 53.0. The fourth-order valence-electron chi connectivity index (χ4n) is 14.1. The first-order chi connectivity index (χ1) is 60.7. The van der Waals surface area contributed by atoms with Crippen LogP contribution in [0.1, 0.15) is 69.1 Å². The SMILES string of the molecule is CC(=O)N[C@H]1[C@@H]2OC[C@](COCCOCCOCCOCCn3cc(COCC(COCc4cn(CCOCCOCCOCCOC[C@@]56CO[C@H](O5)[C@H](NC(C)=O)[C@@H](O)[C@H]6O)nn4)(COCc4cn(CCOCCOCCOCCOC[C@@]56CO[C@@H](O5)[C@H](NC(C)=O)[C@@H](O)[C@H]6O)nn4)NC(=O)CCCCCNC(=O)OCc4ccccc4)nn3)(O2)[C@H](O)[C@@H]1O. The number of benzene rings is 1. The molecule has 0 aliphatic carbocycles. The molecule has 6 saturated heterocycles. The largest absolute Gasteiger partial charge is 0.445 e. The molecule has 0 radical (unpaired) electrons. The predicted octanol–water partition coefficient (Wildman–Crippen LogP) is -4.99. The second-order valence-corrected chi connectivity index (χ2v) is 30.8. The van der Waals surface area contributed by atoms with E-state index in [4.69, 9.17) is 104 Å². The molecule has 11 N–H and O–H groups in total. The van der Waals surface area contributed by atoms with Crippen LogP contribution in [0, 0.1) is 0 Å². The molecule has 9 heterocycles. The first kappa shape index (κ1) is 99.9. The maximum atomic E-state index is 14.2. The van der Waals surface area contributed by atoms with E-state index in [2.05, 4.69) is 57.5 Å². The summed E-state index contributed by atoms with van der Waals surface area (Å²) in [6, 6.07) is 6.60. The van der Waals surface area contributed by atoms with Crippen LogP contribution >= 0.6 is 0 Å². The van der Waals surface area contributed by atoms with Crippen molar-refractivity contribution in [2.45, 2.75) is 188 Å². The van der Waals surface area contributed by atoms with E-state index in [0.29, 0.717) is 142 Å². The Balaban J connectivity index is 0.648. The van der Waals surface area contributed by atoms with Gasteiger partial charge in [-0.25, -0.2) is 18.8 Å². The number of unbranched alkanes of at least 4 members (excludes halogenated alkanes) is 2. The van der Waals surface area contributed by atoms with Crippen molar-refractivity contribution in [2.24, 2.45) is 0 Å². The Hall–Kier alpha value is -7.29. The summed E-state index contributed by atoms with van der Waals surface area (Å²) in [4.78, 5) is 61.4. The molecule has 3 aromatic heterocycles. The van der Waals surface area contributed by atoms with Gasteiger partial charge in [0.05, 0.1) is 256 Å². The first-order valence-electron chi connectivity index (χ1n) is 42.0. The number of alkyl carbamates (subject to hydrolysis) is 1. The second-order valence-electron chi connectivity index (χ2n) is 30.8. The number of carbonyl (C=O) groups is 5. The summed E-state index contributed by atoms with van der Waals surface area (Å²) in [7, 11) is 0. The van der Waals surface area contributed by atoms with Crippen molar-refractivity contribution in [2.75, 3.05) is 205 Å². The minimum atomic E-state index is -1.35. The van der Waals surface area contributed by atoms with Gasteiger partial charge in [0.15, 0.2) is 18.9 Å². The van der Waals surface area contributed by atoms with E-state index in [9.17, 15) is 54.6 Å². The smallest absolute Gasteiger partial charge is 0.407 e. The van der Waals surface area contributed by atoms with Crippen molar-refractivity contribution in [3.05, 3.63) is 71.6 Å². The van der Waals surface area contributed by atoms with E-state index in [1.165, 1.54) is 20.8 Å². The number of hydrogen-bond acceptors (Lipinski definition) is 39. The molecular formula is C78H124N14O33. The van der Waals surface area contributed by atoms with Gasteiger partial charge < -0.3 is 161 Å². The number of carbonyl (C=O) groups excluding carboxylic acids is 5. The molecule has 47 heteroatoms. The Labute approximate surface area is 722 Å². The van der Waals surface area contributed by atoms with E-state index in [-0.39, 0.29) is 158 Å². The number of nitrogens with zero attached hydrogens (tertiary/aromatic N) is 9. The highest BCUT2D eigenvalue weighted by molar-refractivity contribution is 5.77. The summed E-state index contributed by atoms with van der Waals surface area (Å²) in [5.41, 5.74) is -2.84. The molecule has 0 unspecified atom stereocenters. The number of aliphatic hydroxyl groups excluding tert-OH is 6. The molecule has 0 saturated carbocycles. The molecule has 125 heavy (non-hydrogen) atoms. The predicted molar refractivity (Wildman–Crippen MR) is 422 cm³/mol. The third-order valence-corrected chi connectivity index (χ3v) is 20.6. The fourth-order valence-corrected chi connectivity index (χ4v) is 14.1. The lowest BCUT2D eigenvalue weighted by atomic mass is 9.88. The Morgan fingerprint density at radius 3 is 1.06 bits per heavy atom. The summed E-state index contributed by atoms with van der Waals surface area (Å²) in [5.74, 6) is -1.50. The molecule has 6 bridgehead atoms. The first-order valence-corrected chi connectivity index (χ1v) is 42.0. The Kier molecular flexibility index (Phi) is 42.3. The van der Waals surface area contributed by atoms with E-state index in [0.717, 1.165) is 5.56 Å². The van der Waals surface area contributed by atoms with Crippen LogP contribution in [0.5, 0.6) is 0 Å². The number of hydrogen-bond donors (Lipinski definition) is 11. The molecule has 6 aliphatic rings. The highest BCUT2D eigenvalue weighted by Gasteiger charge is 2.62. The van der Waals surface area contributed by atoms with Gasteiger partial charge in [0.2, 0.25) is 23.6 Å². The van der Waals surface area contributed by atoms with E-state index >= 15 is 0 Å². The molecule has 47 nitrogen and oxygen atoms in total. The van der Waals surface area contributed by atoms with Crippen molar-refractivity contribution in [1.29, 1.82) is 0 Å². The zero-order chi connectivity index (χ0) is 88.5. The van der Waals surface area contributed by atoms with Crippen LogP contribution in [0.25, 0.3) is 0 Å². The molecule has 1 aromatic carbocycles. The van der Waals surface area contributed by atoms with Crippen molar-refractivity contribution in [3.8, 4) is 0 Å². The molecule has 704 valence electrons. The molecule has 6 aliphatic heterocycles. The van der Waals surface area contributed by atoms with Crippen LogP contribution in [0.2, 0.25) is 0 Å². The number of rotatable bonds is 66. The normalized spacial score (nSPS) is 26.0. The van der Waals surface area contributed by atoms with Crippen LogP contribution in [-0.4, -0.2) is 406 Å². The van der Waals surface area contributed by atoms with Crippen molar-refractivity contribution in [3.63, 3.8) is 0 Å². The Morgan fingerprint density at radius 2 is 0.736 bits per heavy atom. The van der Waals surface area contributed by atoms with E-state index in [1.807, 2.05) is 30.3 Å². The molecule has 5 amide bonds. The molecule has 6 fully saturated rings. The molecule has 0 spiro atoms. The van der Waals surface area contributed by atoms with Crippen LogP contribution in [0.3, 0.4) is 0 Å². The summed E-state index contributed by atoms with van der Waals surface area (Å²) in [6.07, 6.45) is -4.32. The minimum absolute atomic E-state index is 0.0177. The summed E-state index contributed by atoms with van der Waals surface area (Å²) in [6.45, 7) is 10.4. The van der Waals surface area contributed by atoms with Crippen molar-refractivity contribution < 1.29 is 159 Å². The van der Waals surface area contributed by atoms with Crippen molar-refractivity contribution in [1.82, 2.24) is 71.6 Å². The number of aliphatic hydroxyl groups is 6. The Bertz CT molecular complexity index is 3460. The highest BCUT2D eigenvalue weighted by Crippen LogP contribution is 2.40. The van der Waals surface area contributed by atoms with Gasteiger partial charge in [-0.05, 0) is 18.4 Å². The highest BCUT2D eigenvalue weighted by atomic mass is 16.8. The molecule has 15 atom stereocenters. The maximum Gasteiger partial charge on any atom is 0.407 e. The van der Waals surface area contributed by atoms with Crippen LogP contribution in [-0.2, 0) is 169 Å². The summed E-state index contributed by atoms with van der Waals surface area (Å²) >= 11 is 0. The van der Waals surface area contributed by atoms with Gasteiger partial charge in [-0.1, -0.05) is 52.4 Å². The molecule has 10 rings (SSSR count). The Morgan fingerprint density at radius 1 is 0.416 bits per heavy atom. The van der Waals surface area contributed by atoms with E-state index < -0.39 is 120 Å². The lowest BCUT2D eigenvalue weighted by Crippen LogP contribution is -2.66. The zero-order valence-electron chi connectivity index (χ0n) is 71.0. The number of aromatic nitrogens is 9. The number of amides is 5. The third-order valence-electron chi connectivity index (χ3n) is 20.6. The van der Waals surface area contributed by atoms with Crippen LogP contribution in [0.15, 0.2) is 48.9 Å². The average molecular weight is 1790 g/mol. The maximum absolute atomic E-state index is 14.2. The van der Waals surface area contributed by atoms with Gasteiger partial charge in [0.25, 0.3) is 0 Å². The molecule has 4 aromatic rings. The van der Waals surface area contributed by atoms with Crippen molar-refractivity contribution >= 4 is 29.7 Å². The standard InChI is InChI=1S/C78H124N14O33/c1-54(93)80-62-65(97)68(100)76(51-120-71(62)123-76)48-113-35-32-110-29-26-107-23-20-104-17-14-90-38-58(84-87-90)42-116-45-75(83-61(96)12-8-5-9-13-79-74(103)119-41-57-10-6-4-7-11-57,46-117-43-59-39-91(88-85-59)15-18-105-21-24-108-27-30-111-33-36-114-49-77-52-121-72(124-77)63(81-55(2)94)66(98)69(77)101)47-118-44-60-40-92(89-86-60)16-19-106-22-25-109-28-31-112-34-37-115-50-78-53-122-73(125-78)64(82-56(3)95)67(99)70(78)102/h4,6-7,10-11,38-40,62-73,97-102H,5,8-9,12-37,41-53H2,1-3H3,(H,79,103)(H,80,93)(H,81,94)(H,82,95)(H,83,96)/t62-,63-,64-,65-,66-,67-,68-,69-,70-,71-,72-,73+,76+,77+,78+/m1/s1. The zero-order valence-corrected chi connectivity index (χ0v) is 71.0. The average Bonchev–Trinajstić information content (AvgIpc) is 1.62. The fraction of sp³-hybridized carbons (Fsp3) is 0.782. The number of ether oxygens (including phenoxy) is 22. The summed E-state index contributed by atoms with van der Waals surface area (Å²) in [5, 5.41) is 104. The van der Waals surface area contributed by atoms with E-state index in [1.54, 1.807) is 32.6 Å². The van der Waals surface area contributed by atoms with Gasteiger partial charge in [0, 0.05) is 33.7 Å². The monoisotopic (exact) mass is 1780 g/mol. The van der Waals surface area contributed by atoms with Gasteiger partial charge in [0.1, 0.15) is 101 Å². The summed E-state index contributed by atoms with van der Waals surface area (Å²) < 4.78 is 132. The quantitative estimate of drug-likeness (QED) is 0.0184. The lowest BCUT2D eigenvalue weighted by Gasteiger charge is -2.42. The minimum Gasteiger partial charge on any atom is -0.445 e. The lowest BCUT2D eigenvalue weighted by molar-refractivity contribution is -0.238. The van der Waals surface area contributed by atoms with Gasteiger partial charge >= 0.3 is 6.09 Å². The van der Waals surface area contributed by atoms with Crippen LogP contribution in [0.4, 0.5) is 4.79 Å². The topological polar surface area (TPSA) is 562 Å². The molecular weight excluding hydrogens is 1660 g/mol. The number of fused-ring (bicyclic) bond motifs is 6. The van der Waals surface area contributed by atoms with Gasteiger partial charge in [-0.15, -0.1) is 15.3 Å². The van der Waals surface area contributed by atoms with Gasteiger partial charge in [-0.2, -0.15) is 0 Å². The van der Waals surface area contributed by atoms with Gasteiger partial charge in [-0.3, -0.25) is 19.2 Å². The van der Waals surface area contributed by atoms with Crippen LogP contribution < -0.4 is 26.6 Å².